The van der Waals surface area contributed by atoms with E-state index in [9.17, 15) is 0 Å². The monoisotopic (exact) mass is 1740 g/mol. The van der Waals surface area contributed by atoms with Crippen molar-refractivity contribution in [1.82, 2.24) is 0 Å². The lowest BCUT2D eigenvalue weighted by Gasteiger charge is -2.11. The molecule has 0 aliphatic rings. The Labute approximate surface area is 796 Å². The lowest BCUT2D eigenvalue weighted by Crippen LogP contribution is -2.32. The van der Waals surface area contributed by atoms with Crippen LogP contribution in [0.4, 0.5) is 0 Å². The zero-order valence-electron chi connectivity index (χ0n) is 88.7. The molecule has 0 spiro atoms. The first-order chi connectivity index (χ1) is 64.7. The first-order valence-corrected chi connectivity index (χ1v) is 46.6. The standard InChI is InChI=1S/3C16H20N.5C15H18N/c1-12(2)14-10-7-11-17(4)16(14)15-9-6-5-8-13(15)3;1-12(2)14-9-10-17(4)16(11-14)15-8-6-5-7-13(15)3;1-12(2)14-9-10-16(17(4)11-14)15-8-6-5-7-13(15)3;1-11-7-5-6-8-14(11)15-9-12(2)13(3)10-16(15)4;1-4-13-9-7-11-16(3)15(13)14-10-6-5-8-12(14)2;1-4-13-9-10-16(3)15(11-13)14-8-6-5-7-12(14)2;2*1-4-13-9-10-15(16(3)11-13)14-8-6-5-7-12(14)2/h3*5-12H,1-4H3;5-10H,1-4H3;4*5-11H,4H2,1-3H3/q8*+1/i;;;3D3;;;4D2;. The van der Waals surface area contributed by atoms with Gasteiger partial charge in [0.05, 0.1) is 0 Å². The summed E-state index contributed by atoms with van der Waals surface area (Å²) in [5.74, 6) is 1.68. The van der Waals surface area contributed by atoms with Gasteiger partial charge in [0.2, 0.25) is 45.6 Å². The van der Waals surface area contributed by atoms with Gasteiger partial charge >= 0.3 is 0 Å². The molecule has 0 aliphatic heterocycles. The van der Waals surface area contributed by atoms with Gasteiger partial charge in [0, 0.05) is 145 Å². The van der Waals surface area contributed by atoms with Crippen LogP contribution < -0.4 is 36.5 Å². The highest BCUT2D eigenvalue weighted by molar-refractivity contribution is 5.68. The number of aryl methyl sites for hydroxylation is 22. The van der Waals surface area contributed by atoms with Gasteiger partial charge in [-0.25, -0.2) is 36.5 Å². The molecular weight excluding hydrogens is 1590 g/mol. The van der Waals surface area contributed by atoms with Crippen LogP contribution in [0.1, 0.15) is 188 Å². The molecule has 131 heavy (non-hydrogen) atoms. The number of benzene rings is 8. The van der Waals surface area contributed by atoms with E-state index in [1.165, 1.54) is 151 Å². The Morgan fingerprint density at radius 1 is 0.237 bits per heavy atom. The van der Waals surface area contributed by atoms with Gasteiger partial charge in [-0.1, -0.05) is 215 Å². The van der Waals surface area contributed by atoms with E-state index in [-0.39, 0.29) is 0 Å². The molecule has 0 bridgehead atoms. The first-order valence-electron chi connectivity index (χ1n) is 49.1. The summed E-state index contributed by atoms with van der Waals surface area (Å²) >= 11 is 0. The molecule has 0 saturated heterocycles. The highest BCUT2D eigenvalue weighted by Crippen LogP contribution is 2.32. The first kappa shape index (κ1) is 94.1. The number of rotatable bonds is 15. The third-order valence-electron chi connectivity index (χ3n) is 24.6. The zero-order valence-corrected chi connectivity index (χ0v) is 83.7. The van der Waals surface area contributed by atoms with Crippen LogP contribution in [0, 0.1) is 69.2 Å². The van der Waals surface area contributed by atoms with Gasteiger partial charge in [-0.15, -0.1) is 0 Å². The quantitative estimate of drug-likeness (QED) is 0.0916. The summed E-state index contributed by atoms with van der Waals surface area (Å²) in [7, 11) is 16.5. The summed E-state index contributed by atoms with van der Waals surface area (Å²) in [6.45, 7) is 38.5. The minimum Gasteiger partial charge on any atom is -0.201 e. The smallest absolute Gasteiger partial charge is 0.201 e. The normalized spacial score (nSPS) is 11.4. The van der Waals surface area contributed by atoms with Crippen LogP contribution in [0.3, 0.4) is 0 Å². The third-order valence-corrected chi connectivity index (χ3v) is 24.6. The van der Waals surface area contributed by atoms with E-state index in [1.54, 1.807) is 13.1 Å². The topological polar surface area (TPSA) is 31.0 Å². The van der Waals surface area contributed by atoms with Crippen LogP contribution in [0.25, 0.3) is 90.1 Å². The van der Waals surface area contributed by atoms with Crippen molar-refractivity contribution < 1.29 is 43.4 Å². The summed E-state index contributed by atoms with van der Waals surface area (Å²) in [5, 5.41) is 0. The molecule has 674 valence electrons. The van der Waals surface area contributed by atoms with Crippen LogP contribution in [0.15, 0.2) is 335 Å². The fraction of sp³-hybridized carbons (Fsp3) is 0.285. The molecule has 8 aromatic heterocycles. The summed E-state index contributed by atoms with van der Waals surface area (Å²) in [6.07, 6.45) is 18.5. The van der Waals surface area contributed by atoms with E-state index >= 15 is 0 Å². The van der Waals surface area contributed by atoms with Crippen LogP contribution in [-0.2, 0) is 82.0 Å². The molecule has 0 unspecified atom stereocenters. The Morgan fingerprint density at radius 3 is 0.947 bits per heavy atom. The largest absolute Gasteiger partial charge is 0.215 e. The van der Waals surface area contributed by atoms with Crippen molar-refractivity contribution in [2.24, 2.45) is 56.4 Å². The fourth-order valence-corrected chi connectivity index (χ4v) is 16.4. The lowest BCUT2D eigenvalue weighted by atomic mass is 9.94. The molecule has 0 aliphatic carbocycles. The van der Waals surface area contributed by atoms with Crippen LogP contribution in [0.2, 0.25) is 0 Å². The molecule has 8 nitrogen and oxygen atoms in total. The van der Waals surface area contributed by atoms with Gasteiger partial charge in [-0.05, 0) is 253 Å². The molecule has 8 heteroatoms. The molecular formula is C123H150N8+8. The molecule has 0 radical (unpaired) electrons. The summed E-state index contributed by atoms with van der Waals surface area (Å²) in [6, 6.07) is 99.9. The second kappa shape index (κ2) is 49.7. The van der Waals surface area contributed by atoms with Crippen molar-refractivity contribution in [2.75, 3.05) is 0 Å². The number of hydrogen-bond acceptors (Lipinski definition) is 0. The molecule has 0 fully saturated rings. The number of nitrogens with zero attached hydrogens (tertiary/aromatic N) is 8. The highest BCUT2D eigenvalue weighted by atomic mass is 15.0. The van der Waals surface area contributed by atoms with E-state index in [0.29, 0.717) is 28.9 Å². The average Bonchev–Trinajstić information content (AvgIpc) is 0.783. The molecule has 8 heterocycles. The molecule has 0 N–H and O–H groups in total. The lowest BCUT2D eigenvalue weighted by molar-refractivity contribution is -0.661. The Balaban J connectivity index is 0.000000174. The fourth-order valence-electron chi connectivity index (χ4n) is 16.4. The number of hydrogen-bond donors (Lipinski definition) is 0. The molecule has 8 aromatic carbocycles. The van der Waals surface area contributed by atoms with E-state index in [1.807, 2.05) is 78.8 Å². The minimum absolute atomic E-state index is 0.410. The van der Waals surface area contributed by atoms with Gasteiger partial charge in [-0.2, -0.15) is 0 Å². The Hall–Kier alpha value is -13.0. The van der Waals surface area contributed by atoms with Crippen molar-refractivity contribution in [3.05, 3.63) is 429 Å². The Bertz CT molecular complexity index is 6670. The van der Waals surface area contributed by atoms with E-state index in [0.717, 1.165) is 41.8 Å². The van der Waals surface area contributed by atoms with Gasteiger partial charge in [-0.3, -0.25) is 0 Å². The van der Waals surface area contributed by atoms with Gasteiger partial charge < -0.3 is 0 Å². The van der Waals surface area contributed by atoms with E-state index in [2.05, 4.69) is 467 Å². The second-order valence-corrected chi connectivity index (χ2v) is 35.5. The molecule has 0 atom stereocenters. The van der Waals surface area contributed by atoms with Crippen molar-refractivity contribution in [3.8, 4) is 90.1 Å². The van der Waals surface area contributed by atoms with Crippen molar-refractivity contribution in [3.63, 3.8) is 0 Å². The maximum atomic E-state index is 7.74. The van der Waals surface area contributed by atoms with E-state index in [4.69, 9.17) is 6.85 Å². The van der Waals surface area contributed by atoms with Crippen LogP contribution in [0.5, 0.6) is 0 Å². The Kier molecular flexibility index (Phi) is 35.7. The second-order valence-electron chi connectivity index (χ2n) is 35.5. The molecule has 0 saturated carbocycles. The average molecular weight is 1750 g/mol. The SMILES string of the molecule is CCc1cc[n+](C)c(-c2ccccc2C)c1.CCc1ccc(-c2ccccc2C)[n+](C)c1.CCc1ccc[n+](C)c1-c1ccccc1C.Cc1ccccc1-c1c(C(C)C)ccc[n+]1C.Cc1ccccc1-c1cc(C(C)C)cc[n+]1C.Cc1ccccc1-c1ccc(C(C)C)c[n+]1C.[2H]C([2H])(C)c1ccc(-c2ccccc2C)[n+](C)c1.[2H]C([2H])([2H])c1c[n+](C)c(-c2ccccc2C)cc1C. The summed E-state index contributed by atoms with van der Waals surface area (Å²) < 4.78 is 55.2. The molecule has 16 aromatic rings. The van der Waals surface area contributed by atoms with Crippen molar-refractivity contribution in [2.45, 2.75) is 182 Å². The van der Waals surface area contributed by atoms with E-state index < -0.39 is 13.2 Å². The molecule has 16 rings (SSSR count). The maximum Gasteiger partial charge on any atom is 0.215 e. The van der Waals surface area contributed by atoms with Crippen LogP contribution >= 0.6 is 0 Å². The number of aromatic nitrogens is 8. The number of pyridine rings is 8. The minimum atomic E-state index is -2.06. The van der Waals surface area contributed by atoms with Crippen LogP contribution in [-0.4, -0.2) is 0 Å². The third kappa shape index (κ3) is 27.8. The predicted molar refractivity (Wildman–Crippen MR) is 552 cm³/mol. The summed E-state index contributed by atoms with van der Waals surface area (Å²) in [5.41, 5.74) is 40.8. The maximum absolute atomic E-state index is 7.74. The predicted octanol–water partition coefficient (Wildman–Crippen LogP) is 26.1. The highest BCUT2D eigenvalue weighted by Gasteiger charge is 2.23. The van der Waals surface area contributed by atoms with Crippen molar-refractivity contribution in [1.29, 1.82) is 0 Å². The van der Waals surface area contributed by atoms with Crippen molar-refractivity contribution >= 4 is 0 Å². The summed E-state index contributed by atoms with van der Waals surface area (Å²) in [4.78, 5) is 0. The van der Waals surface area contributed by atoms with Gasteiger partial charge in [0.1, 0.15) is 56.4 Å². The Morgan fingerprint density at radius 2 is 0.573 bits per heavy atom. The zero-order chi connectivity index (χ0) is 99.4. The van der Waals surface area contributed by atoms with Gasteiger partial charge in [0.25, 0.3) is 0 Å². The van der Waals surface area contributed by atoms with Gasteiger partial charge in [0.15, 0.2) is 49.6 Å². The molecule has 0 amide bonds.